The van der Waals surface area contributed by atoms with Crippen molar-refractivity contribution in [1.29, 1.82) is 0 Å². The molecule has 20 heavy (non-hydrogen) atoms. The lowest BCUT2D eigenvalue weighted by molar-refractivity contribution is 0.189. The van der Waals surface area contributed by atoms with Crippen LogP contribution in [0.3, 0.4) is 0 Å². The average molecular weight is 275 g/mol. The minimum absolute atomic E-state index is 0.0245. The largest absolute Gasteiger partial charge is 0.379 e. The van der Waals surface area contributed by atoms with E-state index >= 15 is 0 Å². The third-order valence-corrected chi connectivity index (χ3v) is 3.88. The number of para-hydroxylation sites is 1. The third-order valence-electron chi connectivity index (χ3n) is 3.88. The summed E-state index contributed by atoms with van der Waals surface area (Å²) >= 11 is 0. The Hall–Kier alpha value is -1.59. The number of urea groups is 1. The summed E-state index contributed by atoms with van der Waals surface area (Å²) in [4.78, 5) is 14.4. The van der Waals surface area contributed by atoms with Gasteiger partial charge in [-0.05, 0) is 25.0 Å². The van der Waals surface area contributed by atoms with Gasteiger partial charge in [0.25, 0.3) is 0 Å². The number of fused-ring (bicyclic) bond motifs is 1. The quantitative estimate of drug-likeness (QED) is 0.816. The molecular weight excluding hydrogens is 254 g/mol. The fraction of sp³-hybridized carbons (Fsp3) is 0.533. The maximum atomic E-state index is 12.5. The molecule has 0 aliphatic carbocycles. The van der Waals surface area contributed by atoms with Gasteiger partial charge in [-0.2, -0.15) is 0 Å². The van der Waals surface area contributed by atoms with Gasteiger partial charge in [0.15, 0.2) is 0 Å². The molecule has 1 aromatic rings. The zero-order valence-corrected chi connectivity index (χ0v) is 11.8. The molecule has 1 aromatic carbocycles. The highest BCUT2D eigenvalue weighted by molar-refractivity contribution is 5.93. The molecular formula is C15H21N3O2. The van der Waals surface area contributed by atoms with E-state index in [9.17, 15) is 4.79 Å². The first kappa shape index (κ1) is 13.4. The number of ether oxygens (including phenoxy) is 1. The number of hydrogen-bond donors (Lipinski definition) is 2. The van der Waals surface area contributed by atoms with Crippen molar-refractivity contribution in [3.05, 3.63) is 29.8 Å². The fourth-order valence-corrected chi connectivity index (χ4v) is 2.74. The van der Waals surface area contributed by atoms with Gasteiger partial charge in [0.05, 0.1) is 12.6 Å². The highest BCUT2D eigenvalue weighted by Gasteiger charge is 2.26. The Morgan fingerprint density at radius 1 is 1.45 bits per heavy atom. The van der Waals surface area contributed by atoms with E-state index in [1.165, 1.54) is 0 Å². The molecule has 2 atom stereocenters. The van der Waals surface area contributed by atoms with E-state index in [1.807, 2.05) is 23.1 Å². The summed E-state index contributed by atoms with van der Waals surface area (Å²) in [5, 5.41) is 6.50. The zero-order valence-electron chi connectivity index (χ0n) is 11.8. The molecule has 108 valence electrons. The number of carbonyl (C=O) groups is 1. The number of amides is 2. The van der Waals surface area contributed by atoms with Crippen LogP contribution in [-0.2, 0) is 11.3 Å². The molecule has 0 spiro atoms. The molecule has 2 amide bonds. The number of hydrogen-bond acceptors (Lipinski definition) is 3. The first-order valence-corrected chi connectivity index (χ1v) is 7.21. The third kappa shape index (κ3) is 2.78. The van der Waals surface area contributed by atoms with E-state index in [-0.39, 0.29) is 18.1 Å². The topological polar surface area (TPSA) is 53.6 Å². The van der Waals surface area contributed by atoms with Crippen LogP contribution in [0.4, 0.5) is 10.5 Å². The second-order valence-electron chi connectivity index (χ2n) is 5.53. The second-order valence-corrected chi connectivity index (χ2v) is 5.53. The number of carbonyl (C=O) groups excluding carboxylic acids is 1. The first-order chi connectivity index (χ1) is 9.74. The molecule has 1 saturated heterocycles. The Bertz CT molecular complexity index is 486. The molecule has 2 heterocycles. The van der Waals surface area contributed by atoms with Crippen molar-refractivity contribution in [2.75, 3.05) is 24.7 Å². The van der Waals surface area contributed by atoms with Crippen LogP contribution in [-0.4, -0.2) is 37.9 Å². The maximum absolute atomic E-state index is 12.5. The summed E-state index contributed by atoms with van der Waals surface area (Å²) in [6.07, 6.45) is 0.898. The summed E-state index contributed by atoms with van der Waals surface area (Å²) < 4.78 is 5.32. The standard InChI is InChI=1S/C15H21N3O2/c1-11-9-18(15(19)17-13-6-7-20-10-13)14-5-3-2-4-12(14)8-16-11/h2-5,11,13,16H,6-10H2,1H3,(H,17,19). The van der Waals surface area contributed by atoms with E-state index in [0.29, 0.717) is 13.2 Å². The molecule has 2 aliphatic rings. The molecule has 2 N–H and O–H groups in total. The van der Waals surface area contributed by atoms with Crippen LogP contribution >= 0.6 is 0 Å². The lowest BCUT2D eigenvalue weighted by Crippen LogP contribution is -2.48. The average Bonchev–Trinajstić information content (AvgIpc) is 2.89. The Morgan fingerprint density at radius 3 is 3.10 bits per heavy atom. The van der Waals surface area contributed by atoms with Gasteiger partial charge < -0.3 is 15.4 Å². The SMILES string of the molecule is CC1CN(C(=O)NC2CCOC2)c2ccccc2CN1. The summed E-state index contributed by atoms with van der Waals surface area (Å²) in [6, 6.07) is 8.46. The molecule has 5 nitrogen and oxygen atoms in total. The van der Waals surface area contributed by atoms with Crippen LogP contribution in [0.15, 0.2) is 24.3 Å². The Balaban J connectivity index is 1.80. The smallest absolute Gasteiger partial charge is 0.322 e. The minimum Gasteiger partial charge on any atom is -0.379 e. The van der Waals surface area contributed by atoms with Crippen LogP contribution in [0.2, 0.25) is 0 Å². The van der Waals surface area contributed by atoms with Crippen LogP contribution in [0.1, 0.15) is 18.9 Å². The Morgan fingerprint density at radius 2 is 2.30 bits per heavy atom. The van der Waals surface area contributed by atoms with Crippen molar-refractivity contribution >= 4 is 11.7 Å². The van der Waals surface area contributed by atoms with Crippen molar-refractivity contribution in [2.24, 2.45) is 0 Å². The number of benzene rings is 1. The Labute approximate surface area is 119 Å². The molecule has 2 aliphatic heterocycles. The molecule has 1 fully saturated rings. The first-order valence-electron chi connectivity index (χ1n) is 7.21. The molecule has 0 radical (unpaired) electrons. The molecule has 0 saturated carbocycles. The van der Waals surface area contributed by atoms with E-state index in [4.69, 9.17) is 4.74 Å². The summed E-state index contributed by atoms with van der Waals surface area (Å²) in [7, 11) is 0. The molecule has 3 rings (SSSR count). The summed E-state index contributed by atoms with van der Waals surface area (Å²) in [5.74, 6) is 0. The molecule has 5 heteroatoms. The van der Waals surface area contributed by atoms with Gasteiger partial charge >= 0.3 is 6.03 Å². The van der Waals surface area contributed by atoms with Crippen LogP contribution < -0.4 is 15.5 Å². The second kappa shape index (κ2) is 5.81. The lowest BCUT2D eigenvalue weighted by atomic mass is 10.1. The van der Waals surface area contributed by atoms with E-state index in [0.717, 1.165) is 30.8 Å². The summed E-state index contributed by atoms with van der Waals surface area (Å²) in [5.41, 5.74) is 2.16. The molecule has 0 bridgehead atoms. The minimum atomic E-state index is -0.0245. The van der Waals surface area contributed by atoms with Crippen molar-refractivity contribution in [2.45, 2.75) is 32.0 Å². The van der Waals surface area contributed by atoms with Crippen molar-refractivity contribution < 1.29 is 9.53 Å². The van der Waals surface area contributed by atoms with Gasteiger partial charge in [-0.25, -0.2) is 4.79 Å². The monoisotopic (exact) mass is 275 g/mol. The number of rotatable bonds is 1. The van der Waals surface area contributed by atoms with E-state index < -0.39 is 0 Å². The van der Waals surface area contributed by atoms with Gasteiger partial charge in [0.2, 0.25) is 0 Å². The maximum Gasteiger partial charge on any atom is 0.322 e. The normalized spacial score (nSPS) is 25.9. The van der Waals surface area contributed by atoms with Crippen LogP contribution in [0.5, 0.6) is 0 Å². The van der Waals surface area contributed by atoms with Crippen molar-refractivity contribution in [3.8, 4) is 0 Å². The lowest BCUT2D eigenvalue weighted by Gasteiger charge is -2.26. The predicted octanol–water partition coefficient (Wildman–Crippen LogP) is 1.48. The van der Waals surface area contributed by atoms with Gasteiger partial charge in [0.1, 0.15) is 0 Å². The highest BCUT2D eigenvalue weighted by atomic mass is 16.5. The van der Waals surface area contributed by atoms with Gasteiger partial charge in [-0.1, -0.05) is 18.2 Å². The summed E-state index contributed by atoms with van der Waals surface area (Å²) in [6.45, 7) is 4.93. The van der Waals surface area contributed by atoms with Crippen molar-refractivity contribution in [3.63, 3.8) is 0 Å². The van der Waals surface area contributed by atoms with Gasteiger partial charge in [-0.15, -0.1) is 0 Å². The van der Waals surface area contributed by atoms with E-state index in [2.05, 4.69) is 23.6 Å². The number of nitrogens with zero attached hydrogens (tertiary/aromatic N) is 1. The number of nitrogens with one attached hydrogen (secondary N) is 2. The molecule has 0 aromatic heterocycles. The van der Waals surface area contributed by atoms with Gasteiger partial charge in [-0.3, -0.25) is 4.90 Å². The molecule has 2 unspecified atom stereocenters. The van der Waals surface area contributed by atoms with E-state index in [1.54, 1.807) is 0 Å². The fourth-order valence-electron chi connectivity index (χ4n) is 2.74. The number of anilines is 1. The Kier molecular flexibility index (Phi) is 3.89. The van der Waals surface area contributed by atoms with Crippen molar-refractivity contribution in [1.82, 2.24) is 10.6 Å². The predicted molar refractivity (Wildman–Crippen MR) is 77.8 cm³/mol. The van der Waals surface area contributed by atoms with Gasteiger partial charge in [0, 0.05) is 31.4 Å². The highest BCUT2D eigenvalue weighted by Crippen LogP contribution is 2.23. The zero-order chi connectivity index (χ0) is 13.9. The van der Waals surface area contributed by atoms with Crippen LogP contribution in [0, 0.1) is 0 Å². The van der Waals surface area contributed by atoms with Crippen LogP contribution in [0.25, 0.3) is 0 Å².